The zero-order valence-electron chi connectivity index (χ0n) is 12.0. The van der Waals surface area contributed by atoms with Gasteiger partial charge in [-0.1, -0.05) is 6.07 Å². The van der Waals surface area contributed by atoms with Gasteiger partial charge in [0.25, 0.3) is 11.6 Å². The minimum absolute atomic E-state index is 0.114. The second-order valence-corrected chi connectivity index (χ2v) is 5.33. The first-order valence-corrected chi connectivity index (χ1v) is 6.17. The third-order valence-corrected chi connectivity index (χ3v) is 2.33. The Morgan fingerprint density at radius 2 is 2.10 bits per heavy atom. The zero-order chi connectivity index (χ0) is 16.0. The Labute approximate surface area is 122 Å². The topological polar surface area (TPSA) is 108 Å². The zero-order valence-corrected chi connectivity index (χ0v) is 12.0. The normalized spacial score (nSPS) is 11.4. The van der Waals surface area contributed by atoms with Crippen molar-refractivity contribution in [3.05, 3.63) is 46.2 Å². The number of nitro groups is 1. The van der Waals surface area contributed by atoms with Crippen LogP contribution in [0.25, 0.3) is 0 Å². The maximum atomic E-state index is 11.9. The molecule has 0 saturated heterocycles. The lowest BCUT2D eigenvalue weighted by atomic mass is 10.1. The Balaban J connectivity index is 2.87. The third kappa shape index (κ3) is 5.32. The summed E-state index contributed by atoms with van der Waals surface area (Å²) in [4.78, 5) is 22.0. The van der Waals surface area contributed by atoms with Crippen molar-refractivity contribution in [1.29, 1.82) is 5.26 Å². The van der Waals surface area contributed by atoms with Crippen LogP contribution in [0.5, 0.6) is 0 Å². The summed E-state index contributed by atoms with van der Waals surface area (Å²) in [5, 5.41) is 25.0. The molecule has 0 aromatic heterocycles. The van der Waals surface area contributed by atoms with E-state index in [9.17, 15) is 14.9 Å². The number of amides is 1. The number of nitrogens with zero attached hydrogens (tertiary/aromatic N) is 2. The van der Waals surface area contributed by atoms with Crippen LogP contribution >= 0.6 is 0 Å². The molecule has 0 atom stereocenters. The third-order valence-electron chi connectivity index (χ3n) is 2.33. The first-order chi connectivity index (χ1) is 9.73. The summed E-state index contributed by atoms with van der Waals surface area (Å²) < 4.78 is 0. The molecule has 0 radical (unpaired) electrons. The number of nitro benzene ring substituents is 1. The molecule has 1 rings (SSSR count). The predicted molar refractivity (Wildman–Crippen MR) is 78.3 cm³/mol. The van der Waals surface area contributed by atoms with Crippen LogP contribution in [-0.4, -0.2) is 16.4 Å². The van der Waals surface area contributed by atoms with Crippen LogP contribution in [0.3, 0.4) is 0 Å². The van der Waals surface area contributed by atoms with Gasteiger partial charge in [0.15, 0.2) is 0 Å². The SMILES string of the molecule is CC(C)(C)N/C=C(/C#N)C(=O)Nc1cccc([N+](=O)[O-])c1. The molecule has 0 fully saturated rings. The number of benzene rings is 1. The molecule has 21 heavy (non-hydrogen) atoms. The van der Waals surface area contributed by atoms with Gasteiger partial charge in [-0.05, 0) is 26.8 Å². The molecule has 0 saturated carbocycles. The summed E-state index contributed by atoms with van der Waals surface area (Å²) in [6.45, 7) is 5.66. The molecule has 2 N–H and O–H groups in total. The highest BCUT2D eigenvalue weighted by Crippen LogP contribution is 2.17. The molecule has 110 valence electrons. The number of carbonyl (C=O) groups is 1. The molecule has 0 spiro atoms. The van der Waals surface area contributed by atoms with Crippen molar-refractivity contribution >= 4 is 17.3 Å². The van der Waals surface area contributed by atoms with Gasteiger partial charge in [0.05, 0.1) is 4.92 Å². The van der Waals surface area contributed by atoms with Crippen molar-refractivity contribution in [1.82, 2.24) is 5.32 Å². The average molecular weight is 288 g/mol. The number of nitrogens with one attached hydrogen (secondary N) is 2. The highest BCUT2D eigenvalue weighted by atomic mass is 16.6. The monoisotopic (exact) mass is 288 g/mol. The van der Waals surface area contributed by atoms with Crippen molar-refractivity contribution in [2.24, 2.45) is 0 Å². The molecular formula is C14H16N4O3. The standard InChI is InChI=1S/C14H16N4O3/c1-14(2,3)16-9-10(8-15)13(19)17-11-5-4-6-12(7-11)18(20)21/h4-7,9,16H,1-3H3,(H,17,19)/b10-9-. The van der Waals surface area contributed by atoms with Crippen molar-refractivity contribution in [2.75, 3.05) is 5.32 Å². The minimum Gasteiger partial charge on any atom is -0.385 e. The molecular weight excluding hydrogens is 272 g/mol. The van der Waals surface area contributed by atoms with E-state index in [-0.39, 0.29) is 22.5 Å². The Morgan fingerprint density at radius 1 is 1.43 bits per heavy atom. The lowest BCUT2D eigenvalue weighted by Crippen LogP contribution is -2.32. The fourth-order valence-corrected chi connectivity index (χ4v) is 1.33. The van der Waals surface area contributed by atoms with Gasteiger partial charge in [-0.2, -0.15) is 5.26 Å². The van der Waals surface area contributed by atoms with Crippen LogP contribution in [0.4, 0.5) is 11.4 Å². The van der Waals surface area contributed by atoms with Gasteiger partial charge < -0.3 is 10.6 Å². The summed E-state index contributed by atoms with van der Waals surface area (Å²) in [5.41, 5.74) is -0.279. The smallest absolute Gasteiger partial charge is 0.271 e. The van der Waals surface area contributed by atoms with E-state index >= 15 is 0 Å². The summed E-state index contributed by atoms with van der Waals surface area (Å²) in [5.74, 6) is -0.630. The van der Waals surface area contributed by atoms with Crippen molar-refractivity contribution in [3.8, 4) is 6.07 Å². The molecule has 0 bridgehead atoms. The van der Waals surface area contributed by atoms with Crippen molar-refractivity contribution in [3.63, 3.8) is 0 Å². The highest BCUT2D eigenvalue weighted by Gasteiger charge is 2.13. The number of nitriles is 1. The number of rotatable bonds is 4. The lowest BCUT2D eigenvalue weighted by molar-refractivity contribution is -0.384. The van der Waals surface area contributed by atoms with Gasteiger partial charge in [-0.25, -0.2) is 0 Å². The van der Waals surface area contributed by atoms with E-state index in [2.05, 4.69) is 10.6 Å². The second kappa shape index (κ2) is 6.52. The maximum absolute atomic E-state index is 11.9. The Bertz CT molecular complexity index is 624. The molecule has 0 heterocycles. The van der Waals surface area contributed by atoms with Gasteiger partial charge in [0.1, 0.15) is 11.6 Å². The molecule has 0 aliphatic heterocycles. The number of hydrogen-bond acceptors (Lipinski definition) is 5. The summed E-state index contributed by atoms with van der Waals surface area (Å²) in [6.07, 6.45) is 1.33. The summed E-state index contributed by atoms with van der Waals surface area (Å²) in [6, 6.07) is 7.29. The van der Waals surface area contributed by atoms with Gasteiger partial charge >= 0.3 is 0 Å². The van der Waals surface area contributed by atoms with E-state index in [1.165, 1.54) is 30.5 Å². The fourth-order valence-electron chi connectivity index (χ4n) is 1.33. The van der Waals surface area contributed by atoms with Gasteiger partial charge in [0.2, 0.25) is 0 Å². The molecule has 7 heteroatoms. The maximum Gasteiger partial charge on any atom is 0.271 e. The Morgan fingerprint density at radius 3 is 2.62 bits per heavy atom. The first kappa shape index (κ1) is 16.2. The van der Waals surface area contributed by atoms with E-state index in [0.717, 1.165) is 0 Å². The predicted octanol–water partition coefficient (Wildman–Crippen LogP) is 2.33. The molecule has 7 nitrogen and oxygen atoms in total. The largest absolute Gasteiger partial charge is 0.385 e. The second-order valence-electron chi connectivity index (χ2n) is 5.33. The van der Waals surface area contributed by atoms with E-state index in [1.807, 2.05) is 20.8 Å². The number of hydrogen-bond donors (Lipinski definition) is 2. The number of non-ortho nitro benzene ring substituents is 1. The average Bonchev–Trinajstić information content (AvgIpc) is 2.38. The van der Waals surface area contributed by atoms with Gasteiger partial charge in [-0.15, -0.1) is 0 Å². The molecule has 1 aromatic carbocycles. The quantitative estimate of drug-likeness (QED) is 0.382. The molecule has 0 aliphatic carbocycles. The van der Waals surface area contributed by atoms with E-state index in [0.29, 0.717) is 0 Å². The Hall–Kier alpha value is -2.88. The van der Waals surface area contributed by atoms with Crippen LogP contribution in [0, 0.1) is 21.4 Å². The first-order valence-electron chi connectivity index (χ1n) is 6.17. The van der Waals surface area contributed by atoms with Crippen molar-refractivity contribution in [2.45, 2.75) is 26.3 Å². The van der Waals surface area contributed by atoms with E-state index in [1.54, 1.807) is 6.07 Å². The molecule has 1 amide bonds. The van der Waals surface area contributed by atoms with Gasteiger partial charge in [-0.3, -0.25) is 14.9 Å². The molecule has 1 aromatic rings. The minimum atomic E-state index is -0.630. The number of anilines is 1. The fraction of sp³-hybridized carbons (Fsp3) is 0.286. The van der Waals surface area contributed by atoms with Crippen LogP contribution in [0.2, 0.25) is 0 Å². The Kier molecular flexibility index (Phi) is 5.02. The van der Waals surface area contributed by atoms with Crippen LogP contribution in [0.1, 0.15) is 20.8 Å². The summed E-state index contributed by atoms with van der Waals surface area (Å²) >= 11 is 0. The van der Waals surface area contributed by atoms with Gasteiger partial charge in [0, 0.05) is 29.6 Å². The number of carbonyl (C=O) groups excluding carboxylic acids is 1. The van der Waals surface area contributed by atoms with Crippen LogP contribution in [0.15, 0.2) is 36.0 Å². The summed E-state index contributed by atoms with van der Waals surface area (Å²) in [7, 11) is 0. The van der Waals surface area contributed by atoms with Crippen molar-refractivity contribution < 1.29 is 9.72 Å². The lowest BCUT2D eigenvalue weighted by Gasteiger charge is -2.18. The molecule has 0 unspecified atom stereocenters. The van der Waals surface area contributed by atoms with E-state index < -0.39 is 10.8 Å². The van der Waals surface area contributed by atoms with E-state index in [4.69, 9.17) is 5.26 Å². The van der Waals surface area contributed by atoms with Crippen LogP contribution < -0.4 is 10.6 Å². The molecule has 0 aliphatic rings. The van der Waals surface area contributed by atoms with Crippen LogP contribution in [-0.2, 0) is 4.79 Å². The highest BCUT2D eigenvalue weighted by molar-refractivity contribution is 6.06.